The molecule has 1 unspecified atom stereocenters. The maximum atomic E-state index is 12.4. The number of nitrogens with zero attached hydrogens (tertiary/aromatic N) is 1. The third-order valence-electron chi connectivity index (χ3n) is 1.39. The lowest BCUT2D eigenvalue weighted by molar-refractivity contribution is 0.447. The highest BCUT2D eigenvalue weighted by molar-refractivity contribution is 7.67. The van der Waals surface area contributed by atoms with Crippen LogP contribution in [-0.2, 0) is 4.57 Å². The Labute approximate surface area is 101 Å². The average Bonchev–Trinajstić information content (AvgIpc) is 1.79. The standard InChI is InChI=1S/C7H16Cl3N2OP/c1-6(2,3)11-14(13,12(4)5)7(8,9)10/h1-5H3,(H,11,13). The van der Waals surface area contributed by atoms with Gasteiger partial charge in [0.15, 0.2) is 0 Å². The van der Waals surface area contributed by atoms with E-state index in [1.165, 1.54) is 4.67 Å². The van der Waals surface area contributed by atoms with Crippen molar-refractivity contribution in [1.82, 2.24) is 9.76 Å². The van der Waals surface area contributed by atoms with E-state index < -0.39 is 11.0 Å². The van der Waals surface area contributed by atoms with Gasteiger partial charge in [0.05, 0.1) is 0 Å². The van der Waals surface area contributed by atoms with Crippen LogP contribution < -0.4 is 5.09 Å². The summed E-state index contributed by atoms with van der Waals surface area (Å²) < 4.78 is 12.0. The van der Waals surface area contributed by atoms with Crippen LogP contribution in [0, 0.1) is 0 Å². The first-order chi connectivity index (χ1) is 5.90. The summed E-state index contributed by atoms with van der Waals surface area (Å²) in [7, 11) is 0.00800. The van der Waals surface area contributed by atoms with Gasteiger partial charge in [-0.1, -0.05) is 34.8 Å². The van der Waals surface area contributed by atoms with Gasteiger partial charge in [0.1, 0.15) is 0 Å². The van der Waals surface area contributed by atoms with Gasteiger partial charge >= 0.3 is 0 Å². The molecule has 0 aliphatic heterocycles. The van der Waals surface area contributed by atoms with Crippen molar-refractivity contribution in [1.29, 1.82) is 0 Å². The first kappa shape index (κ1) is 15.0. The molecule has 0 saturated heterocycles. The quantitative estimate of drug-likeness (QED) is 0.621. The summed E-state index contributed by atoms with van der Waals surface area (Å²) in [6.07, 6.45) is 0. The molecule has 0 bridgehead atoms. The van der Waals surface area contributed by atoms with Gasteiger partial charge in [-0.2, -0.15) is 0 Å². The topological polar surface area (TPSA) is 32.3 Å². The van der Waals surface area contributed by atoms with Gasteiger partial charge in [-0.25, -0.2) is 9.76 Å². The van der Waals surface area contributed by atoms with Crippen molar-refractivity contribution in [3.63, 3.8) is 0 Å². The van der Waals surface area contributed by atoms with Crippen molar-refractivity contribution in [2.75, 3.05) is 14.1 Å². The Kier molecular flexibility index (Phi) is 4.81. The van der Waals surface area contributed by atoms with E-state index in [1.54, 1.807) is 14.1 Å². The molecule has 0 aromatic carbocycles. The maximum absolute atomic E-state index is 12.4. The van der Waals surface area contributed by atoms with Gasteiger partial charge in [0.2, 0.25) is 0 Å². The summed E-state index contributed by atoms with van der Waals surface area (Å²) in [6, 6.07) is 0. The lowest BCUT2D eigenvalue weighted by Crippen LogP contribution is -2.40. The summed E-state index contributed by atoms with van der Waals surface area (Å²) in [5.41, 5.74) is -0.385. The van der Waals surface area contributed by atoms with Crippen LogP contribution in [0.2, 0.25) is 0 Å². The normalized spacial score (nSPS) is 18.4. The Balaban J connectivity index is 5.06. The zero-order valence-corrected chi connectivity index (χ0v) is 12.1. The minimum absolute atomic E-state index is 0.385. The lowest BCUT2D eigenvalue weighted by Gasteiger charge is -2.36. The van der Waals surface area contributed by atoms with Crippen molar-refractivity contribution in [3.8, 4) is 0 Å². The Morgan fingerprint density at radius 1 is 1.14 bits per heavy atom. The van der Waals surface area contributed by atoms with Gasteiger partial charge < -0.3 is 0 Å². The second-order valence-electron chi connectivity index (χ2n) is 4.25. The van der Waals surface area contributed by atoms with Crippen LogP contribution in [0.1, 0.15) is 20.8 Å². The van der Waals surface area contributed by atoms with E-state index in [2.05, 4.69) is 5.09 Å². The molecule has 0 spiro atoms. The van der Waals surface area contributed by atoms with Crippen molar-refractivity contribution in [3.05, 3.63) is 0 Å². The molecule has 1 N–H and O–H groups in total. The largest absolute Gasteiger partial charge is 0.284 e. The third-order valence-corrected chi connectivity index (χ3v) is 6.24. The Bertz CT molecular complexity index is 244. The molecule has 0 aromatic heterocycles. The molecule has 0 aliphatic carbocycles. The zero-order chi connectivity index (χ0) is 11.8. The van der Waals surface area contributed by atoms with Gasteiger partial charge in [-0.15, -0.1) is 0 Å². The van der Waals surface area contributed by atoms with E-state index in [1.807, 2.05) is 20.8 Å². The van der Waals surface area contributed by atoms with Crippen LogP contribution in [0.15, 0.2) is 0 Å². The molecule has 0 rings (SSSR count). The van der Waals surface area contributed by atoms with E-state index >= 15 is 0 Å². The SMILES string of the molecule is CN(C)P(=O)(NC(C)(C)C)C(Cl)(Cl)Cl. The van der Waals surface area contributed by atoms with Gasteiger partial charge in [0.25, 0.3) is 11.0 Å². The molecule has 0 aliphatic rings. The fraction of sp³-hybridized carbons (Fsp3) is 1.00. The molecule has 0 radical (unpaired) electrons. The predicted octanol–water partition coefficient (Wildman–Crippen LogP) is 3.46. The second-order valence-corrected chi connectivity index (χ2v) is 10.2. The Morgan fingerprint density at radius 2 is 1.50 bits per heavy atom. The monoisotopic (exact) mass is 280 g/mol. The maximum Gasteiger partial charge on any atom is 0.269 e. The molecule has 0 saturated carbocycles. The summed E-state index contributed by atoms with van der Waals surface area (Å²) in [5.74, 6) is 0. The number of hydrogen-bond donors (Lipinski definition) is 1. The molecule has 0 fully saturated rings. The Morgan fingerprint density at radius 3 is 1.57 bits per heavy atom. The fourth-order valence-corrected chi connectivity index (χ4v) is 4.28. The highest BCUT2D eigenvalue weighted by Gasteiger charge is 2.48. The minimum atomic E-state index is -3.22. The van der Waals surface area contributed by atoms with E-state index in [-0.39, 0.29) is 5.54 Å². The van der Waals surface area contributed by atoms with Gasteiger partial charge in [0, 0.05) is 5.54 Å². The lowest BCUT2D eigenvalue weighted by atomic mass is 10.1. The van der Waals surface area contributed by atoms with Crippen LogP contribution in [0.25, 0.3) is 0 Å². The fourth-order valence-electron chi connectivity index (χ4n) is 0.845. The Hall–Kier alpha value is 1.02. The molecule has 0 aromatic rings. The molecular formula is C7H16Cl3N2OP. The summed E-state index contributed by atoms with van der Waals surface area (Å²) in [4.78, 5) is 0. The average molecular weight is 282 g/mol. The molecule has 0 heterocycles. The summed E-state index contributed by atoms with van der Waals surface area (Å²) in [5, 5.41) is 2.86. The molecule has 3 nitrogen and oxygen atoms in total. The van der Waals surface area contributed by atoms with Gasteiger partial charge in [-0.05, 0) is 34.9 Å². The van der Waals surface area contributed by atoms with Crippen molar-refractivity contribution >= 4 is 42.2 Å². The molecule has 14 heavy (non-hydrogen) atoms. The first-order valence-corrected chi connectivity index (χ1v) is 6.83. The van der Waals surface area contributed by atoms with Crippen LogP contribution in [0.3, 0.4) is 0 Å². The second kappa shape index (κ2) is 4.48. The van der Waals surface area contributed by atoms with Crippen LogP contribution in [-0.4, -0.2) is 27.8 Å². The molecular weight excluding hydrogens is 265 g/mol. The number of alkyl halides is 3. The first-order valence-electron chi connectivity index (χ1n) is 4.04. The van der Waals surface area contributed by atoms with Crippen molar-refractivity contribution in [2.45, 2.75) is 29.8 Å². The molecule has 86 valence electrons. The zero-order valence-electron chi connectivity index (χ0n) is 8.94. The van der Waals surface area contributed by atoms with Crippen LogP contribution >= 0.6 is 42.2 Å². The van der Waals surface area contributed by atoms with Crippen LogP contribution in [0.5, 0.6) is 0 Å². The minimum Gasteiger partial charge on any atom is -0.284 e. The number of hydrogen-bond acceptors (Lipinski definition) is 1. The highest BCUT2D eigenvalue weighted by atomic mass is 35.6. The van der Waals surface area contributed by atoms with Crippen molar-refractivity contribution in [2.24, 2.45) is 0 Å². The van der Waals surface area contributed by atoms with E-state index in [0.717, 1.165) is 0 Å². The van der Waals surface area contributed by atoms with E-state index in [4.69, 9.17) is 34.8 Å². The third kappa shape index (κ3) is 3.88. The van der Waals surface area contributed by atoms with Crippen molar-refractivity contribution < 1.29 is 4.57 Å². The molecule has 0 amide bonds. The predicted molar refractivity (Wildman–Crippen MR) is 64.5 cm³/mol. The smallest absolute Gasteiger partial charge is 0.269 e. The number of halogens is 3. The number of nitrogens with one attached hydrogen (secondary N) is 1. The van der Waals surface area contributed by atoms with Gasteiger partial charge in [-0.3, -0.25) is 4.57 Å². The highest BCUT2D eigenvalue weighted by Crippen LogP contribution is 2.64. The summed E-state index contributed by atoms with van der Waals surface area (Å²) in [6.45, 7) is 5.58. The van der Waals surface area contributed by atoms with E-state index in [0.29, 0.717) is 0 Å². The summed E-state index contributed by atoms with van der Waals surface area (Å²) >= 11 is 17.1. The van der Waals surface area contributed by atoms with E-state index in [9.17, 15) is 4.57 Å². The van der Waals surface area contributed by atoms with Crippen LogP contribution in [0.4, 0.5) is 0 Å². The number of rotatable bonds is 2. The molecule has 1 atom stereocenters. The molecule has 7 heteroatoms.